The van der Waals surface area contributed by atoms with E-state index in [0.717, 1.165) is 11.1 Å². The molecule has 0 spiro atoms. The lowest BCUT2D eigenvalue weighted by atomic mass is 10.2. The maximum atomic E-state index is 13.0. The van der Waals surface area contributed by atoms with E-state index < -0.39 is 5.82 Å². The third-order valence-electron chi connectivity index (χ3n) is 2.64. The van der Waals surface area contributed by atoms with Crippen molar-refractivity contribution in [1.82, 2.24) is 0 Å². The van der Waals surface area contributed by atoms with Gasteiger partial charge in [0.1, 0.15) is 18.2 Å². The van der Waals surface area contributed by atoms with Gasteiger partial charge >= 0.3 is 0 Å². The summed E-state index contributed by atoms with van der Waals surface area (Å²) < 4.78 is 18.5. The van der Waals surface area contributed by atoms with E-state index in [1.165, 1.54) is 6.07 Å². The van der Waals surface area contributed by atoms with Gasteiger partial charge in [-0.1, -0.05) is 23.7 Å². The van der Waals surface area contributed by atoms with Crippen LogP contribution in [0.2, 0.25) is 5.02 Å². The van der Waals surface area contributed by atoms with E-state index in [9.17, 15) is 4.39 Å². The maximum Gasteiger partial charge on any atom is 0.141 e. The lowest BCUT2D eigenvalue weighted by molar-refractivity contribution is 0.306. The molecule has 0 aliphatic rings. The molecule has 2 aromatic rings. The molecule has 0 unspecified atom stereocenters. The molecule has 0 saturated heterocycles. The number of aryl methyl sites for hydroxylation is 1. The van der Waals surface area contributed by atoms with Gasteiger partial charge in [-0.2, -0.15) is 0 Å². The first-order chi connectivity index (χ1) is 8.56. The van der Waals surface area contributed by atoms with Gasteiger partial charge in [-0.25, -0.2) is 4.39 Å². The van der Waals surface area contributed by atoms with Gasteiger partial charge in [-0.15, -0.1) is 0 Å². The Bertz CT molecular complexity index is 520. The molecule has 0 radical (unpaired) electrons. The molecule has 2 rings (SSSR count). The van der Waals surface area contributed by atoms with Gasteiger partial charge in [-0.3, -0.25) is 0 Å². The van der Waals surface area contributed by atoms with Gasteiger partial charge in [0, 0.05) is 11.8 Å². The topological polar surface area (TPSA) is 35.2 Å². The molecule has 0 amide bonds. The highest BCUT2D eigenvalue weighted by molar-refractivity contribution is 6.30. The summed E-state index contributed by atoms with van der Waals surface area (Å²) >= 11 is 5.69. The van der Waals surface area contributed by atoms with Crippen LogP contribution in [0.15, 0.2) is 36.4 Å². The Labute approximate surface area is 110 Å². The van der Waals surface area contributed by atoms with Crippen LogP contribution in [0.5, 0.6) is 5.75 Å². The second-order valence-corrected chi connectivity index (χ2v) is 4.46. The van der Waals surface area contributed by atoms with Crippen molar-refractivity contribution >= 4 is 17.3 Å². The first-order valence-electron chi connectivity index (χ1n) is 5.49. The average molecular weight is 266 g/mol. The molecule has 2 aromatic carbocycles. The highest BCUT2D eigenvalue weighted by Gasteiger charge is 2.02. The molecule has 0 heterocycles. The van der Waals surface area contributed by atoms with E-state index in [1.807, 2.05) is 19.1 Å². The highest BCUT2D eigenvalue weighted by Crippen LogP contribution is 2.21. The summed E-state index contributed by atoms with van der Waals surface area (Å²) in [6.07, 6.45) is 0. The fourth-order valence-corrected chi connectivity index (χ4v) is 1.71. The minimum atomic E-state index is -0.431. The monoisotopic (exact) mass is 265 g/mol. The minimum Gasteiger partial charge on any atom is -0.489 e. The normalized spacial score (nSPS) is 10.4. The van der Waals surface area contributed by atoms with Crippen LogP contribution in [0.1, 0.15) is 11.1 Å². The second kappa shape index (κ2) is 5.27. The van der Waals surface area contributed by atoms with Gasteiger partial charge in [0.15, 0.2) is 0 Å². The van der Waals surface area contributed by atoms with Crippen molar-refractivity contribution in [3.8, 4) is 5.75 Å². The number of nitrogens with two attached hydrogens (primary N) is 1. The molecule has 0 fully saturated rings. The summed E-state index contributed by atoms with van der Waals surface area (Å²) in [5, 5.41) is 0.0968. The van der Waals surface area contributed by atoms with Crippen LogP contribution >= 0.6 is 11.6 Å². The zero-order chi connectivity index (χ0) is 13.1. The SMILES string of the molecule is Cc1ccc(OCc2ccc(F)c(Cl)c2)cc1N. The van der Waals surface area contributed by atoms with Crippen molar-refractivity contribution in [2.75, 3.05) is 5.73 Å². The van der Waals surface area contributed by atoms with E-state index in [-0.39, 0.29) is 5.02 Å². The Morgan fingerprint density at radius 3 is 2.67 bits per heavy atom. The second-order valence-electron chi connectivity index (χ2n) is 4.06. The molecule has 0 saturated carbocycles. The molecule has 0 aliphatic heterocycles. The molecule has 2 nitrogen and oxygen atoms in total. The van der Waals surface area contributed by atoms with Crippen LogP contribution in [0.4, 0.5) is 10.1 Å². The summed E-state index contributed by atoms with van der Waals surface area (Å²) in [6, 6.07) is 10.0. The maximum absolute atomic E-state index is 13.0. The molecule has 0 bridgehead atoms. The third-order valence-corrected chi connectivity index (χ3v) is 2.93. The Morgan fingerprint density at radius 2 is 2.00 bits per heavy atom. The van der Waals surface area contributed by atoms with Crippen LogP contribution in [0.25, 0.3) is 0 Å². The Hall–Kier alpha value is -1.74. The summed E-state index contributed by atoms with van der Waals surface area (Å²) in [7, 11) is 0. The van der Waals surface area contributed by atoms with Crippen molar-refractivity contribution in [2.24, 2.45) is 0 Å². The van der Waals surface area contributed by atoms with Gasteiger partial charge in [-0.05, 0) is 36.2 Å². The number of benzene rings is 2. The first kappa shape index (κ1) is 12.7. The van der Waals surface area contributed by atoms with Crippen LogP contribution in [-0.2, 0) is 6.61 Å². The zero-order valence-electron chi connectivity index (χ0n) is 9.91. The lowest BCUT2D eigenvalue weighted by Crippen LogP contribution is -1.97. The van der Waals surface area contributed by atoms with Gasteiger partial charge < -0.3 is 10.5 Å². The Morgan fingerprint density at radius 1 is 1.22 bits per heavy atom. The molecular weight excluding hydrogens is 253 g/mol. The minimum absolute atomic E-state index is 0.0968. The number of nitrogen functional groups attached to an aromatic ring is 1. The molecule has 2 N–H and O–H groups in total. The number of hydrogen-bond acceptors (Lipinski definition) is 2. The lowest BCUT2D eigenvalue weighted by Gasteiger charge is -2.08. The standard InChI is InChI=1S/C14H13ClFNO/c1-9-2-4-11(7-14(9)17)18-8-10-3-5-13(16)12(15)6-10/h2-7H,8,17H2,1H3. The van der Waals surface area contributed by atoms with Crippen molar-refractivity contribution in [3.05, 3.63) is 58.4 Å². The smallest absolute Gasteiger partial charge is 0.141 e. The molecule has 0 aliphatic carbocycles. The fourth-order valence-electron chi connectivity index (χ4n) is 1.50. The molecular formula is C14H13ClFNO. The van der Waals surface area contributed by atoms with Crippen molar-refractivity contribution in [1.29, 1.82) is 0 Å². The number of rotatable bonds is 3. The van der Waals surface area contributed by atoms with Crippen LogP contribution in [-0.4, -0.2) is 0 Å². The predicted octanol–water partition coefficient (Wildman–Crippen LogP) is 3.95. The summed E-state index contributed by atoms with van der Waals surface area (Å²) in [5.74, 6) is 0.249. The molecule has 94 valence electrons. The van der Waals surface area contributed by atoms with Crippen molar-refractivity contribution in [3.63, 3.8) is 0 Å². The van der Waals surface area contributed by atoms with E-state index >= 15 is 0 Å². The van der Waals surface area contributed by atoms with Crippen LogP contribution in [0, 0.1) is 12.7 Å². The van der Waals surface area contributed by atoms with E-state index in [0.29, 0.717) is 18.0 Å². The summed E-state index contributed by atoms with van der Waals surface area (Å²) in [5.41, 5.74) is 8.28. The number of halogens is 2. The number of ether oxygens (including phenoxy) is 1. The average Bonchev–Trinajstić information content (AvgIpc) is 2.35. The molecule has 18 heavy (non-hydrogen) atoms. The van der Waals surface area contributed by atoms with Crippen molar-refractivity contribution in [2.45, 2.75) is 13.5 Å². The number of hydrogen-bond donors (Lipinski definition) is 1. The first-order valence-corrected chi connectivity index (χ1v) is 5.87. The fraction of sp³-hybridized carbons (Fsp3) is 0.143. The van der Waals surface area contributed by atoms with Gasteiger partial charge in [0.2, 0.25) is 0 Å². The zero-order valence-corrected chi connectivity index (χ0v) is 10.7. The van der Waals surface area contributed by atoms with E-state index in [1.54, 1.807) is 18.2 Å². The Balaban J connectivity index is 2.06. The summed E-state index contributed by atoms with van der Waals surface area (Å²) in [4.78, 5) is 0. The van der Waals surface area contributed by atoms with Gasteiger partial charge in [0.05, 0.1) is 5.02 Å². The largest absolute Gasteiger partial charge is 0.489 e. The van der Waals surface area contributed by atoms with E-state index in [4.69, 9.17) is 22.1 Å². The predicted molar refractivity (Wildman–Crippen MR) is 71.3 cm³/mol. The molecule has 0 atom stereocenters. The number of anilines is 1. The molecule has 4 heteroatoms. The Kier molecular flexibility index (Phi) is 3.72. The third kappa shape index (κ3) is 2.93. The highest BCUT2D eigenvalue weighted by atomic mass is 35.5. The summed E-state index contributed by atoms with van der Waals surface area (Å²) in [6.45, 7) is 2.25. The quantitative estimate of drug-likeness (QED) is 0.853. The molecule has 0 aromatic heterocycles. The van der Waals surface area contributed by atoms with E-state index in [2.05, 4.69) is 0 Å². The van der Waals surface area contributed by atoms with Gasteiger partial charge in [0.25, 0.3) is 0 Å². The van der Waals surface area contributed by atoms with Crippen molar-refractivity contribution < 1.29 is 9.13 Å². The van der Waals surface area contributed by atoms with Crippen LogP contribution in [0.3, 0.4) is 0 Å². The van der Waals surface area contributed by atoms with Crippen LogP contribution < -0.4 is 10.5 Å².